The number of halogens is 3. The number of carbonyl (C=O) groups excluding carboxylic acids is 1. The monoisotopic (exact) mass is 535 g/mol. The van der Waals surface area contributed by atoms with Crippen LogP contribution in [0.2, 0.25) is 0 Å². The lowest BCUT2D eigenvalue weighted by Gasteiger charge is -2.22. The van der Waals surface area contributed by atoms with E-state index in [0.29, 0.717) is 24.1 Å². The number of carbonyl (C=O) groups is 1. The Morgan fingerprint density at radius 3 is 2.43 bits per heavy atom. The largest absolute Gasteiger partial charge is 0.417 e. The van der Waals surface area contributed by atoms with E-state index in [-0.39, 0.29) is 24.5 Å². The number of nitrogens with zero attached hydrogens (tertiary/aromatic N) is 2. The molecule has 3 unspecified atom stereocenters. The summed E-state index contributed by atoms with van der Waals surface area (Å²) in [6.07, 6.45) is -3.91. The molecule has 2 fully saturated rings. The molecule has 198 valence electrons. The Bertz CT molecular complexity index is 1350. The van der Waals surface area contributed by atoms with E-state index < -0.39 is 55.2 Å². The van der Waals surface area contributed by atoms with Gasteiger partial charge in [-0.1, -0.05) is 6.07 Å². The summed E-state index contributed by atoms with van der Waals surface area (Å²) in [6.45, 7) is 5.17. The SMILES string of the molecule is Cc1cc(-c2ccc(S(=O)(=O)C3CC(OC(C)C)C(C(=O)NC4(C#N)CC4)C3)c(C(F)(F)F)c2)ccn1. The minimum atomic E-state index is -4.92. The second-order valence-corrected chi connectivity index (χ2v) is 12.2. The molecule has 4 rings (SSSR count). The molecule has 2 aliphatic carbocycles. The fourth-order valence-electron chi connectivity index (χ4n) is 4.79. The third-order valence-corrected chi connectivity index (χ3v) is 9.06. The number of aryl methyl sites for hydroxylation is 1. The van der Waals surface area contributed by atoms with Crippen LogP contribution in [0.15, 0.2) is 41.4 Å². The molecule has 0 aliphatic heterocycles. The molecule has 1 amide bonds. The number of benzene rings is 1. The lowest BCUT2D eigenvalue weighted by atomic mass is 10.0. The quantitative estimate of drug-likeness (QED) is 0.555. The van der Waals surface area contributed by atoms with E-state index in [0.717, 1.165) is 12.1 Å². The third kappa shape index (κ3) is 5.65. The first kappa shape index (κ1) is 27.1. The van der Waals surface area contributed by atoms with Crippen molar-refractivity contribution in [3.63, 3.8) is 0 Å². The topological polar surface area (TPSA) is 109 Å². The van der Waals surface area contributed by atoms with Gasteiger partial charge >= 0.3 is 6.18 Å². The molecule has 1 N–H and O–H groups in total. The van der Waals surface area contributed by atoms with Crippen LogP contribution in [0.5, 0.6) is 0 Å². The number of amides is 1. The Balaban J connectivity index is 1.68. The molecule has 2 aromatic rings. The van der Waals surface area contributed by atoms with Gasteiger partial charge in [0.15, 0.2) is 9.84 Å². The molecule has 0 radical (unpaired) electrons. The summed E-state index contributed by atoms with van der Waals surface area (Å²) < 4.78 is 75.4. The molecule has 0 saturated heterocycles. The molecule has 2 aliphatic rings. The van der Waals surface area contributed by atoms with Crippen molar-refractivity contribution in [1.82, 2.24) is 10.3 Å². The maximum atomic E-state index is 14.1. The summed E-state index contributed by atoms with van der Waals surface area (Å²) in [4.78, 5) is 16.2. The maximum absolute atomic E-state index is 14.1. The number of ether oxygens (including phenoxy) is 1. The fraction of sp³-hybridized carbons (Fsp3) is 0.500. The minimum Gasteiger partial charge on any atom is -0.375 e. The van der Waals surface area contributed by atoms with Crippen molar-refractivity contribution in [3.05, 3.63) is 47.8 Å². The van der Waals surface area contributed by atoms with Crippen molar-refractivity contribution in [3.8, 4) is 17.2 Å². The first-order valence-corrected chi connectivity index (χ1v) is 13.6. The summed E-state index contributed by atoms with van der Waals surface area (Å²) in [5, 5.41) is 10.7. The van der Waals surface area contributed by atoms with E-state index in [1.54, 1.807) is 32.9 Å². The number of nitrogens with one attached hydrogen (secondary N) is 1. The Hall–Kier alpha value is -2.97. The van der Waals surface area contributed by atoms with Gasteiger partial charge in [0.25, 0.3) is 0 Å². The zero-order valence-corrected chi connectivity index (χ0v) is 21.5. The third-order valence-electron chi connectivity index (χ3n) is 6.83. The van der Waals surface area contributed by atoms with E-state index in [1.165, 1.54) is 12.3 Å². The van der Waals surface area contributed by atoms with Crippen LogP contribution in [-0.4, -0.2) is 42.3 Å². The highest BCUT2D eigenvalue weighted by molar-refractivity contribution is 7.92. The van der Waals surface area contributed by atoms with Gasteiger partial charge < -0.3 is 10.1 Å². The Labute approximate surface area is 214 Å². The van der Waals surface area contributed by atoms with Gasteiger partial charge in [-0.3, -0.25) is 9.78 Å². The molecule has 11 heteroatoms. The summed E-state index contributed by atoms with van der Waals surface area (Å²) in [5.41, 5.74) is -0.904. The van der Waals surface area contributed by atoms with Gasteiger partial charge in [-0.15, -0.1) is 0 Å². The molecule has 7 nitrogen and oxygen atoms in total. The van der Waals surface area contributed by atoms with Crippen LogP contribution in [0.3, 0.4) is 0 Å². The molecule has 37 heavy (non-hydrogen) atoms. The Morgan fingerprint density at radius 1 is 1.19 bits per heavy atom. The van der Waals surface area contributed by atoms with E-state index in [9.17, 15) is 31.6 Å². The van der Waals surface area contributed by atoms with Gasteiger partial charge in [0.1, 0.15) is 5.54 Å². The zero-order chi connectivity index (χ0) is 27.2. The van der Waals surface area contributed by atoms with Crippen LogP contribution < -0.4 is 5.32 Å². The molecule has 1 aromatic carbocycles. The van der Waals surface area contributed by atoms with Crippen molar-refractivity contribution in [2.75, 3.05) is 0 Å². The fourth-order valence-corrected chi connectivity index (χ4v) is 6.79. The maximum Gasteiger partial charge on any atom is 0.417 e. The lowest BCUT2D eigenvalue weighted by Crippen LogP contribution is -2.43. The normalized spacial score (nSPS) is 23.0. The minimum absolute atomic E-state index is 0.124. The van der Waals surface area contributed by atoms with Gasteiger partial charge in [0.05, 0.1) is 39.9 Å². The first-order valence-electron chi connectivity index (χ1n) is 12.0. The van der Waals surface area contributed by atoms with Crippen molar-refractivity contribution in [2.45, 2.75) is 80.5 Å². The van der Waals surface area contributed by atoms with E-state index >= 15 is 0 Å². The Kier molecular flexibility index (Phi) is 7.12. The van der Waals surface area contributed by atoms with Crippen LogP contribution in [0.25, 0.3) is 11.1 Å². The van der Waals surface area contributed by atoms with Crippen molar-refractivity contribution >= 4 is 15.7 Å². The molecular weight excluding hydrogens is 507 g/mol. The number of alkyl halides is 3. The van der Waals surface area contributed by atoms with Crippen LogP contribution in [0, 0.1) is 24.2 Å². The summed E-state index contributed by atoms with van der Waals surface area (Å²) in [7, 11) is -4.49. The molecular formula is C26H28F3N3O4S. The molecule has 1 heterocycles. The van der Waals surface area contributed by atoms with Crippen molar-refractivity contribution in [2.24, 2.45) is 5.92 Å². The molecule has 1 aromatic heterocycles. The van der Waals surface area contributed by atoms with Crippen LogP contribution in [0.4, 0.5) is 13.2 Å². The van der Waals surface area contributed by atoms with Gasteiger partial charge in [-0.05, 0) is 81.8 Å². The van der Waals surface area contributed by atoms with Gasteiger partial charge in [-0.25, -0.2) is 8.42 Å². The van der Waals surface area contributed by atoms with E-state index in [4.69, 9.17) is 4.74 Å². The lowest BCUT2D eigenvalue weighted by molar-refractivity contribution is -0.139. The number of sulfone groups is 1. The smallest absolute Gasteiger partial charge is 0.375 e. The Morgan fingerprint density at radius 2 is 1.86 bits per heavy atom. The molecule has 0 bridgehead atoms. The highest BCUT2D eigenvalue weighted by atomic mass is 32.2. The molecule has 0 spiro atoms. The van der Waals surface area contributed by atoms with Crippen LogP contribution in [-0.2, 0) is 25.5 Å². The first-order chi connectivity index (χ1) is 17.3. The van der Waals surface area contributed by atoms with Crippen LogP contribution >= 0.6 is 0 Å². The number of rotatable bonds is 7. The summed E-state index contributed by atoms with van der Waals surface area (Å²) >= 11 is 0. The molecule has 2 saturated carbocycles. The second-order valence-electron chi connectivity index (χ2n) is 10.0. The number of nitriles is 1. The van der Waals surface area contributed by atoms with Crippen LogP contribution in [0.1, 0.15) is 50.8 Å². The van der Waals surface area contributed by atoms with Gasteiger partial charge in [0, 0.05) is 11.9 Å². The number of hydrogen-bond acceptors (Lipinski definition) is 6. The summed E-state index contributed by atoms with van der Waals surface area (Å²) in [5.74, 6) is -1.41. The van der Waals surface area contributed by atoms with Crippen molar-refractivity contribution < 1.29 is 31.1 Å². The van der Waals surface area contributed by atoms with E-state index in [2.05, 4.69) is 16.4 Å². The average Bonchev–Trinajstić information content (AvgIpc) is 3.46. The predicted molar refractivity (Wildman–Crippen MR) is 129 cm³/mol. The standard InChI is InChI=1S/C26H28F3N3O4S/c1-15(2)36-22-13-19(12-20(22)24(33)32-25(14-30)7-8-25)37(34,35)23-5-4-17(11-21(23)26(27,28)29)18-6-9-31-16(3)10-18/h4-6,9-11,15,19-20,22H,7-8,12-13H2,1-3H3,(H,32,33). The second kappa shape index (κ2) is 9.72. The highest BCUT2D eigenvalue weighted by Crippen LogP contribution is 2.43. The number of pyridine rings is 1. The number of aromatic nitrogens is 1. The highest BCUT2D eigenvalue weighted by Gasteiger charge is 2.51. The van der Waals surface area contributed by atoms with Gasteiger partial charge in [0.2, 0.25) is 5.91 Å². The van der Waals surface area contributed by atoms with Crippen molar-refractivity contribution in [1.29, 1.82) is 5.26 Å². The predicted octanol–water partition coefficient (Wildman–Crippen LogP) is 4.59. The van der Waals surface area contributed by atoms with E-state index in [1.807, 2.05) is 0 Å². The molecule has 3 atom stereocenters. The average molecular weight is 536 g/mol. The number of hydrogen-bond donors (Lipinski definition) is 1. The van der Waals surface area contributed by atoms with Gasteiger partial charge in [-0.2, -0.15) is 18.4 Å². The summed E-state index contributed by atoms with van der Waals surface area (Å²) in [6, 6.07) is 8.41. The zero-order valence-electron chi connectivity index (χ0n) is 20.7.